The first-order valence-electron chi connectivity index (χ1n) is 6.85. The van der Waals surface area contributed by atoms with Crippen molar-refractivity contribution < 1.29 is 14.6 Å². The highest BCUT2D eigenvalue weighted by atomic mass is 16.5. The number of hydrogen-bond acceptors (Lipinski definition) is 3. The number of aliphatic hydroxyl groups excluding tert-OH is 1. The Morgan fingerprint density at radius 1 is 1.47 bits per heavy atom. The predicted molar refractivity (Wildman–Crippen MR) is 72.8 cm³/mol. The normalized spacial score (nSPS) is 21.2. The van der Waals surface area contributed by atoms with Gasteiger partial charge in [0.25, 0.3) is 0 Å². The number of carbonyl (C=O) groups is 1. The summed E-state index contributed by atoms with van der Waals surface area (Å²) in [6, 6.07) is 7.59. The van der Waals surface area contributed by atoms with Crippen LogP contribution in [0.1, 0.15) is 36.9 Å². The van der Waals surface area contributed by atoms with Crippen molar-refractivity contribution in [1.29, 1.82) is 0 Å². The van der Waals surface area contributed by atoms with Crippen molar-refractivity contribution in [2.75, 3.05) is 13.2 Å². The van der Waals surface area contributed by atoms with Crippen LogP contribution in [0.2, 0.25) is 0 Å². The van der Waals surface area contributed by atoms with Gasteiger partial charge in [-0.3, -0.25) is 4.79 Å². The fourth-order valence-corrected chi connectivity index (χ4v) is 2.47. The van der Waals surface area contributed by atoms with Gasteiger partial charge in [-0.2, -0.15) is 0 Å². The van der Waals surface area contributed by atoms with Crippen molar-refractivity contribution in [1.82, 2.24) is 5.32 Å². The van der Waals surface area contributed by atoms with E-state index in [1.54, 1.807) is 0 Å². The third kappa shape index (κ3) is 3.55. The Bertz CT molecular complexity index is 433. The molecule has 0 radical (unpaired) electrons. The summed E-state index contributed by atoms with van der Waals surface area (Å²) in [5, 5.41) is 12.9. The van der Waals surface area contributed by atoms with E-state index in [9.17, 15) is 9.90 Å². The van der Waals surface area contributed by atoms with Crippen LogP contribution in [0.3, 0.4) is 0 Å². The molecule has 0 saturated heterocycles. The molecular formula is C15H21NO3. The van der Waals surface area contributed by atoms with Crippen LogP contribution in [0.4, 0.5) is 0 Å². The highest BCUT2D eigenvalue weighted by molar-refractivity contribution is 5.76. The number of ether oxygens (including phenoxy) is 1. The third-order valence-electron chi connectivity index (χ3n) is 3.42. The van der Waals surface area contributed by atoms with Gasteiger partial charge in [-0.25, -0.2) is 0 Å². The first-order valence-corrected chi connectivity index (χ1v) is 6.85. The van der Waals surface area contributed by atoms with Crippen LogP contribution in [-0.2, 0) is 16.0 Å². The molecule has 0 aliphatic heterocycles. The van der Waals surface area contributed by atoms with Gasteiger partial charge in [0.1, 0.15) is 0 Å². The number of rotatable bonds is 6. The van der Waals surface area contributed by atoms with Gasteiger partial charge in [-0.05, 0) is 24.5 Å². The molecule has 1 aromatic rings. The van der Waals surface area contributed by atoms with Crippen molar-refractivity contribution in [3.8, 4) is 0 Å². The monoisotopic (exact) mass is 263 g/mol. The van der Waals surface area contributed by atoms with Crippen LogP contribution in [0.25, 0.3) is 0 Å². The van der Waals surface area contributed by atoms with E-state index in [0.717, 1.165) is 11.1 Å². The lowest BCUT2D eigenvalue weighted by Crippen LogP contribution is -2.33. The van der Waals surface area contributed by atoms with E-state index in [1.807, 2.05) is 31.2 Å². The molecule has 0 saturated carbocycles. The van der Waals surface area contributed by atoms with Gasteiger partial charge in [0, 0.05) is 26.1 Å². The Balaban J connectivity index is 1.87. The zero-order chi connectivity index (χ0) is 13.7. The molecule has 0 bridgehead atoms. The second-order valence-electron chi connectivity index (χ2n) is 4.82. The Labute approximate surface area is 113 Å². The number of aliphatic hydroxyl groups is 1. The fourth-order valence-electron chi connectivity index (χ4n) is 2.47. The fraction of sp³-hybridized carbons (Fsp3) is 0.533. The second kappa shape index (κ2) is 6.68. The van der Waals surface area contributed by atoms with Crippen LogP contribution in [0.15, 0.2) is 24.3 Å². The molecule has 2 rings (SSSR count). The number of carbonyl (C=O) groups excluding carboxylic acids is 1. The van der Waals surface area contributed by atoms with E-state index >= 15 is 0 Å². The number of amides is 1. The largest absolute Gasteiger partial charge is 0.390 e. The smallest absolute Gasteiger partial charge is 0.220 e. The molecule has 0 fully saturated rings. The molecule has 4 nitrogen and oxygen atoms in total. The van der Waals surface area contributed by atoms with E-state index in [4.69, 9.17) is 4.74 Å². The Hall–Kier alpha value is -1.39. The molecule has 2 N–H and O–H groups in total. The minimum Gasteiger partial charge on any atom is -0.390 e. The Morgan fingerprint density at radius 3 is 3.05 bits per heavy atom. The van der Waals surface area contributed by atoms with Gasteiger partial charge in [0.2, 0.25) is 5.91 Å². The molecule has 2 atom stereocenters. The number of hydrogen-bond donors (Lipinski definition) is 2. The van der Waals surface area contributed by atoms with Crippen LogP contribution in [0.5, 0.6) is 0 Å². The van der Waals surface area contributed by atoms with Crippen molar-refractivity contribution >= 4 is 5.91 Å². The van der Waals surface area contributed by atoms with E-state index in [0.29, 0.717) is 32.5 Å². The molecular weight excluding hydrogens is 242 g/mol. The summed E-state index contributed by atoms with van der Waals surface area (Å²) in [6.45, 7) is 3.22. The Morgan fingerprint density at radius 2 is 2.26 bits per heavy atom. The maximum atomic E-state index is 11.8. The topological polar surface area (TPSA) is 58.6 Å². The van der Waals surface area contributed by atoms with Crippen molar-refractivity contribution in [3.63, 3.8) is 0 Å². The lowest BCUT2D eigenvalue weighted by molar-refractivity contribution is -0.123. The van der Waals surface area contributed by atoms with E-state index in [-0.39, 0.29) is 11.9 Å². The molecule has 1 aromatic carbocycles. The summed E-state index contributed by atoms with van der Waals surface area (Å²) >= 11 is 0. The predicted octanol–water partition coefficient (Wildman–Crippen LogP) is 1.58. The van der Waals surface area contributed by atoms with Crippen LogP contribution in [-0.4, -0.2) is 30.3 Å². The molecule has 0 spiro atoms. The number of nitrogens with one attached hydrogen (secondary N) is 1. The summed E-state index contributed by atoms with van der Waals surface area (Å²) in [5.74, 6) is -0.0274. The average Bonchev–Trinajstić information content (AvgIpc) is 2.72. The SMILES string of the molecule is CCOCCCC(=O)N[C@H]1c2ccccc2C[C@H]1O. The lowest BCUT2D eigenvalue weighted by Gasteiger charge is -2.17. The summed E-state index contributed by atoms with van der Waals surface area (Å²) in [6.07, 6.45) is 1.24. The molecule has 1 aliphatic rings. The van der Waals surface area contributed by atoms with Gasteiger partial charge in [-0.1, -0.05) is 24.3 Å². The van der Waals surface area contributed by atoms with E-state index in [2.05, 4.69) is 5.32 Å². The minimum absolute atomic E-state index is 0.0274. The number of fused-ring (bicyclic) bond motifs is 1. The maximum absolute atomic E-state index is 11.8. The van der Waals surface area contributed by atoms with Crippen LogP contribution < -0.4 is 5.32 Å². The Kier molecular flexibility index (Phi) is 4.93. The standard InChI is InChI=1S/C15H21NO3/c1-2-19-9-5-8-14(18)16-15-12-7-4-3-6-11(12)10-13(15)17/h3-4,6-7,13,15,17H,2,5,8-10H2,1H3,(H,16,18)/t13-,15+/m1/s1. The van der Waals surface area contributed by atoms with Crippen LogP contribution >= 0.6 is 0 Å². The molecule has 1 aliphatic carbocycles. The minimum atomic E-state index is -0.520. The van der Waals surface area contributed by atoms with Gasteiger partial charge >= 0.3 is 0 Å². The summed E-state index contributed by atoms with van der Waals surface area (Å²) < 4.78 is 5.20. The maximum Gasteiger partial charge on any atom is 0.220 e. The highest BCUT2D eigenvalue weighted by Gasteiger charge is 2.31. The molecule has 19 heavy (non-hydrogen) atoms. The van der Waals surface area contributed by atoms with Crippen LogP contribution in [0, 0.1) is 0 Å². The summed E-state index contributed by atoms with van der Waals surface area (Å²) in [4.78, 5) is 11.8. The van der Waals surface area contributed by atoms with Crippen molar-refractivity contribution in [3.05, 3.63) is 35.4 Å². The average molecular weight is 263 g/mol. The molecule has 4 heteroatoms. The quantitative estimate of drug-likeness (QED) is 0.766. The summed E-state index contributed by atoms with van der Waals surface area (Å²) in [5.41, 5.74) is 2.16. The summed E-state index contributed by atoms with van der Waals surface area (Å²) in [7, 11) is 0. The van der Waals surface area contributed by atoms with E-state index < -0.39 is 6.10 Å². The molecule has 0 unspecified atom stereocenters. The first kappa shape index (κ1) is 14.0. The lowest BCUT2D eigenvalue weighted by atomic mass is 10.1. The molecule has 104 valence electrons. The highest BCUT2D eigenvalue weighted by Crippen LogP contribution is 2.31. The van der Waals surface area contributed by atoms with Gasteiger partial charge in [0.05, 0.1) is 12.1 Å². The molecule has 1 amide bonds. The third-order valence-corrected chi connectivity index (χ3v) is 3.42. The van der Waals surface area contributed by atoms with E-state index in [1.165, 1.54) is 0 Å². The molecule has 0 heterocycles. The van der Waals surface area contributed by atoms with Gasteiger partial charge in [0.15, 0.2) is 0 Å². The zero-order valence-electron chi connectivity index (χ0n) is 11.3. The van der Waals surface area contributed by atoms with Crippen molar-refractivity contribution in [2.45, 2.75) is 38.3 Å². The number of benzene rings is 1. The first-order chi connectivity index (χ1) is 9.22. The van der Waals surface area contributed by atoms with Gasteiger partial charge < -0.3 is 15.2 Å². The van der Waals surface area contributed by atoms with Crippen molar-refractivity contribution in [2.24, 2.45) is 0 Å². The zero-order valence-corrected chi connectivity index (χ0v) is 11.3. The van der Waals surface area contributed by atoms with Gasteiger partial charge in [-0.15, -0.1) is 0 Å². The second-order valence-corrected chi connectivity index (χ2v) is 4.82. The molecule has 0 aromatic heterocycles.